The molecule has 0 aromatic heterocycles. The van der Waals surface area contributed by atoms with E-state index in [2.05, 4.69) is 30.2 Å². The number of hydrogen-bond donors (Lipinski definition) is 0. The zero-order chi connectivity index (χ0) is 25.0. The molecule has 4 aliphatic rings. The summed E-state index contributed by atoms with van der Waals surface area (Å²) in [6, 6.07) is 11.6. The minimum Gasteiger partial charge on any atom is -0.496 e. The van der Waals surface area contributed by atoms with E-state index in [1.807, 2.05) is 18.2 Å². The summed E-state index contributed by atoms with van der Waals surface area (Å²) in [5, 5.41) is 0. The van der Waals surface area contributed by atoms with Crippen LogP contribution in [0.2, 0.25) is 0 Å². The number of ether oxygens (including phenoxy) is 4. The molecule has 2 heterocycles. The molecule has 1 spiro atoms. The zero-order valence-corrected chi connectivity index (χ0v) is 20.9. The van der Waals surface area contributed by atoms with Gasteiger partial charge in [0.15, 0.2) is 17.3 Å². The van der Waals surface area contributed by atoms with Crippen LogP contribution in [0, 0.1) is 5.92 Å². The van der Waals surface area contributed by atoms with Crippen LogP contribution < -0.4 is 14.2 Å². The molecule has 1 saturated heterocycles. The maximum atomic E-state index is 12.9. The van der Waals surface area contributed by atoms with Crippen molar-refractivity contribution < 1.29 is 28.5 Å². The van der Waals surface area contributed by atoms with Crippen molar-refractivity contribution >= 4 is 11.8 Å². The molecule has 0 amide bonds. The third-order valence-electron chi connectivity index (χ3n) is 8.42. The molecule has 2 aromatic carbocycles. The van der Waals surface area contributed by atoms with Crippen LogP contribution in [0.25, 0.3) is 0 Å². The zero-order valence-electron chi connectivity index (χ0n) is 20.9. The summed E-state index contributed by atoms with van der Waals surface area (Å²) in [6.45, 7) is 2.65. The molecular weight excluding hydrogens is 458 g/mol. The van der Waals surface area contributed by atoms with E-state index in [1.54, 1.807) is 19.2 Å². The van der Waals surface area contributed by atoms with Crippen molar-refractivity contribution in [1.29, 1.82) is 0 Å². The van der Waals surface area contributed by atoms with Crippen molar-refractivity contribution in [1.82, 2.24) is 4.90 Å². The third kappa shape index (κ3) is 3.40. The van der Waals surface area contributed by atoms with E-state index < -0.39 is 0 Å². The Morgan fingerprint density at radius 2 is 1.97 bits per heavy atom. The molecule has 7 nitrogen and oxygen atoms in total. The molecule has 2 aliphatic carbocycles. The summed E-state index contributed by atoms with van der Waals surface area (Å²) in [6.07, 6.45) is 5.97. The highest BCUT2D eigenvalue weighted by Crippen LogP contribution is 2.62. The van der Waals surface area contributed by atoms with Crippen LogP contribution in [-0.4, -0.2) is 62.2 Å². The lowest BCUT2D eigenvalue weighted by Gasteiger charge is -2.56. The number of rotatable bonds is 7. The van der Waals surface area contributed by atoms with Gasteiger partial charge in [-0.2, -0.15) is 0 Å². The van der Waals surface area contributed by atoms with E-state index in [9.17, 15) is 9.59 Å². The topological polar surface area (TPSA) is 74.3 Å². The molecule has 1 fully saturated rings. The van der Waals surface area contributed by atoms with Gasteiger partial charge in [0.25, 0.3) is 0 Å². The lowest BCUT2D eigenvalue weighted by molar-refractivity contribution is -0.132. The number of methoxy groups -OCH3 is 1. The molecular formula is C29H31NO6. The average Bonchev–Trinajstić information content (AvgIpc) is 3.23. The van der Waals surface area contributed by atoms with Crippen molar-refractivity contribution in [2.24, 2.45) is 5.92 Å². The third-order valence-corrected chi connectivity index (χ3v) is 8.42. The Morgan fingerprint density at radius 1 is 1.14 bits per heavy atom. The van der Waals surface area contributed by atoms with Gasteiger partial charge in [0.05, 0.1) is 19.3 Å². The van der Waals surface area contributed by atoms with E-state index in [4.69, 9.17) is 18.9 Å². The Labute approximate surface area is 211 Å². The van der Waals surface area contributed by atoms with Gasteiger partial charge in [0.2, 0.25) is 0 Å². The number of benzene rings is 2. The molecule has 2 unspecified atom stereocenters. The number of para-hydroxylation sites is 1. The molecule has 0 saturated carbocycles. The summed E-state index contributed by atoms with van der Waals surface area (Å²) in [4.78, 5) is 27.1. The number of hydrogen-bond acceptors (Lipinski definition) is 7. The standard InChI is InChI=1S/C29H31NO6/c1-17(31)35-24-10-8-18-16-21-20-9-11-25(28-29(20,13-14-30(21)2)26(18)27(24)36-28)34-15-12-22(32)19-6-4-5-7-23(19)33-3/h4-11,20-21,25,28H,12-16H2,1-3H3/t20-,21+,25?,28?,29-/m0/s1. The molecule has 188 valence electrons. The van der Waals surface area contributed by atoms with Crippen LogP contribution in [-0.2, 0) is 21.4 Å². The first kappa shape index (κ1) is 23.3. The number of carbonyl (C=O) groups excluding carboxylic acids is 2. The summed E-state index contributed by atoms with van der Waals surface area (Å²) < 4.78 is 23.9. The molecule has 0 radical (unpaired) electrons. The SMILES string of the molecule is COc1ccccc1C(=O)CCOC1C=C[C@H]2[C@H]3Cc4ccc(OC(C)=O)c5c4[C@@]2(CCN3C)C1O5. The Bertz CT molecular complexity index is 1250. The normalized spacial score (nSPS) is 29.3. The monoisotopic (exact) mass is 489 g/mol. The first-order valence-electron chi connectivity index (χ1n) is 12.6. The number of piperidine rings is 1. The highest BCUT2D eigenvalue weighted by molar-refractivity contribution is 5.98. The first-order chi connectivity index (χ1) is 17.4. The van der Waals surface area contributed by atoms with Crippen LogP contribution >= 0.6 is 0 Å². The number of carbonyl (C=O) groups is 2. The van der Waals surface area contributed by atoms with Crippen LogP contribution in [0.3, 0.4) is 0 Å². The molecule has 6 rings (SSSR count). The summed E-state index contributed by atoms with van der Waals surface area (Å²) in [5.74, 6) is 1.64. The molecule has 36 heavy (non-hydrogen) atoms. The van der Waals surface area contributed by atoms with E-state index in [1.165, 1.54) is 18.1 Å². The van der Waals surface area contributed by atoms with Gasteiger partial charge in [-0.1, -0.05) is 30.4 Å². The largest absolute Gasteiger partial charge is 0.496 e. The minimum absolute atomic E-state index is 0.0182. The van der Waals surface area contributed by atoms with Gasteiger partial charge in [-0.3, -0.25) is 9.59 Å². The minimum atomic E-state index is -0.364. The number of ketones is 1. The molecule has 5 atom stereocenters. The molecule has 2 aliphatic heterocycles. The Kier molecular flexibility index (Phi) is 5.65. The van der Waals surface area contributed by atoms with Crippen molar-refractivity contribution in [3.63, 3.8) is 0 Å². The summed E-state index contributed by atoms with van der Waals surface area (Å²) in [7, 11) is 3.76. The Morgan fingerprint density at radius 3 is 2.78 bits per heavy atom. The van der Waals surface area contributed by atoms with Crippen molar-refractivity contribution in [2.45, 2.75) is 49.9 Å². The molecule has 2 aromatic rings. The van der Waals surface area contributed by atoms with Crippen molar-refractivity contribution in [3.05, 3.63) is 65.2 Å². The van der Waals surface area contributed by atoms with E-state index in [0.29, 0.717) is 28.9 Å². The lowest BCUT2D eigenvalue weighted by atomic mass is 9.53. The molecule has 2 bridgehead atoms. The lowest BCUT2D eigenvalue weighted by Crippen LogP contribution is -2.65. The number of likely N-dealkylation sites (N-methyl/N-ethyl adjacent to an activating group) is 1. The van der Waals surface area contributed by atoms with Crippen molar-refractivity contribution in [3.8, 4) is 17.2 Å². The summed E-state index contributed by atoms with van der Waals surface area (Å²) in [5.41, 5.74) is 2.77. The number of Topliss-reactive ketones (excluding diaryl/α,β-unsaturated/α-hetero) is 1. The predicted molar refractivity (Wildman–Crippen MR) is 133 cm³/mol. The van der Waals surface area contributed by atoms with E-state index in [0.717, 1.165) is 19.4 Å². The van der Waals surface area contributed by atoms with Gasteiger partial charge < -0.3 is 23.8 Å². The van der Waals surface area contributed by atoms with Crippen LogP contribution in [0.1, 0.15) is 41.3 Å². The number of esters is 1. The van der Waals surface area contributed by atoms with E-state index in [-0.39, 0.29) is 48.3 Å². The maximum Gasteiger partial charge on any atom is 0.308 e. The fourth-order valence-electron chi connectivity index (χ4n) is 6.88. The van der Waals surface area contributed by atoms with Gasteiger partial charge in [0.1, 0.15) is 18.0 Å². The number of nitrogens with zero attached hydrogens (tertiary/aromatic N) is 1. The first-order valence-corrected chi connectivity index (χ1v) is 12.6. The fraction of sp³-hybridized carbons (Fsp3) is 0.448. The highest BCUT2D eigenvalue weighted by atomic mass is 16.6. The van der Waals surface area contributed by atoms with Gasteiger partial charge in [0, 0.05) is 36.3 Å². The maximum absolute atomic E-state index is 12.9. The molecule has 7 heteroatoms. The van der Waals surface area contributed by atoms with Gasteiger partial charge in [-0.05, 0) is 50.2 Å². The quantitative estimate of drug-likeness (QED) is 0.254. The second-order valence-corrected chi connectivity index (χ2v) is 10.2. The Balaban J connectivity index is 1.29. The average molecular weight is 490 g/mol. The van der Waals surface area contributed by atoms with Gasteiger partial charge in [-0.25, -0.2) is 0 Å². The fourth-order valence-corrected chi connectivity index (χ4v) is 6.88. The smallest absolute Gasteiger partial charge is 0.308 e. The van der Waals surface area contributed by atoms with E-state index >= 15 is 0 Å². The second kappa shape index (κ2) is 8.75. The summed E-state index contributed by atoms with van der Waals surface area (Å²) >= 11 is 0. The Hall–Kier alpha value is -3.16. The highest BCUT2D eigenvalue weighted by Gasteiger charge is 2.64. The van der Waals surface area contributed by atoms with Crippen LogP contribution in [0.5, 0.6) is 17.2 Å². The predicted octanol–water partition coefficient (Wildman–Crippen LogP) is 3.72. The van der Waals surface area contributed by atoms with Crippen LogP contribution in [0.4, 0.5) is 0 Å². The van der Waals surface area contributed by atoms with Gasteiger partial charge >= 0.3 is 5.97 Å². The van der Waals surface area contributed by atoms with Crippen LogP contribution in [0.15, 0.2) is 48.6 Å². The number of likely N-dealkylation sites (tertiary alicyclic amines) is 1. The molecule has 0 N–H and O–H groups in total. The van der Waals surface area contributed by atoms with Gasteiger partial charge in [-0.15, -0.1) is 0 Å². The second-order valence-electron chi connectivity index (χ2n) is 10.2. The van der Waals surface area contributed by atoms with Crippen molar-refractivity contribution in [2.75, 3.05) is 27.3 Å².